The molecule has 1 N–H and O–H groups in total. The van der Waals surface area contributed by atoms with Crippen molar-refractivity contribution in [2.75, 3.05) is 19.5 Å². The Kier molecular flexibility index (Phi) is 4.16. The van der Waals surface area contributed by atoms with Crippen LogP contribution in [0.2, 0.25) is 0 Å². The van der Waals surface area contributed by atoms with Crippen LogP contribution in [-0.2, 0) is 0 Å². The van der Waals surface area contributed by atoms with Crippen LogP contribution in [-0.4, -0.2) is 24.6 Å². The maximum Gasteiger partial charge on any atom is 0.166 e. The van der Waals surface area contributed by atoms with Gasteiger partial charge in [-0.1, -0.05) is 0 Å². The van der Waals surface area contributed by atoms with Gasteiger partial charge >= 0.3 is 0 Å². The summed E-state index contributed by atoms with van der Waals surface area (Å²) in [6.45, 7) is -0.0717. The zero-order valence-electron chi connectivity index (χ0n) is 7.59. The van der Waals surface area contributed by atoms with Gasteiger partial charge in [0, 0.05) is 16.7 Å². The molecule has 0 aliphatic rings. The Hall–Kier alpha value is -0.810. The van der Waals surface area contributed by atoms with Crippen LogP contribution < -0.4 is 4.74 Å². The highest BCUT2D eigenvalue weighted by Crippen LogP contribution is 2.27. The van der Waals surface area contributed by atoms with E-state index in [1.54, 1.807) is 0 Å². The second-order valence-electron chi connectivity index (χ2n) is 2.49. The SMILES string of the molecule is COc1cc(F)c(SCCO)cc1F. The van der Waals surface area contributed by atoms with Gasteiger partial charge in [0.05, 0.1) is 13.7 Å². The van der Waals surface area contributed by atoms with Crippen molar-refractivity contribution in [3.8, 4) is 5.75 Å². The highest BCUT2D eigenvalue weighted by molar-refractivity contribution is 7.99. The molecular weight excluding hydrogens is 210 g/mol. The third-order valence-corrected chi connectivity index (χ3v) is 2.57. The second kappa shape index (κ2) is 5.17. The minimum Gasteiger partial charge on any atom is -0.494 e. The fraction of sp³-hybridized carbons (Fsp3) is 0.333. The van der Waals surface area contributed by atoms with E-state index in [1.165, 1.54) is 7.11 Å². The lowest BCUT2D eigenvalue weighted by Crippen LogP contribution is -1.93. The Morgan fingerprint density at radius 1 is 1.36 bits per heavy atom. The van der Waals surface area contributed by atoms with Gasteiger partial charge in [-0.2, -0.15) is 0 Å². The summed E-state index contributed by atoms with van der Waals surface area (Å²) in [5.74, 6) is -0.922. The molecule has 0 fully saturated rings. The Morgan fingerprint density at radius 3 is 2.64 bits per heavy atom. The highest BCUT2D eigenvalue weighted by atomic mass is 32.2. The van der Waals surface area contributed by atoms with E-state index in [0.29, 0.717) is 5.75 Å². The summed E-state index contributed by atoms with van der Waals surface area (Å²) in [6, 6.07) is 2.06. The summed E-state index contributed by atoms with van der Waals surface area (Å²) in [5.41, 5.74) is 0. The number of hydrogen-bond acceptors (Lipinski definition) is 3. The van der Waals surface area contributed by atoms with Crippen molar-refractivity contribution in [2.24, 2.45) is 0 Å². The minimum atomic E-state index is -0.602. The summed E-state index contributed by atoms with van der Waals surface area (Å²) >= 11 is 1.06. The molecule has 0 spiro atoms. The maximum atomic E-state index is 13.2. The first-order chi connectivity index (χ1) is 6.69. The van der Waals surface area contributed by atoms with E-state index in [9.17, 15) is 8.78 Å². The van der Waals surface area contributed by atoms with Gasteiger partial charge < -0.3 is 9.84 Å². The topological polar surface area (TPSA) is 29.5 Å². The van der Waals surface area contributed by atoms with E-state index < -0.39 is 11.6 Å². The highest BCUT2D eigenvalue weighted by Gasteiger charge is 2.10. The van der Waals surface area contributed by atoms with E-state index in [1.807, 2.05) is 0 Å². The van der Waals surface area contributed by atoms with Crippen molar-refractivity contribution >= 4 is 11.8 Å². The number of benzene rings is 1. The van der Waals surface area contributed by atoms with Crippen molar-refractivity contribution in [2.45, 2.75) is 4.90 Å². The second-order valence-corrected chi connectivity index (χ2v) is 3.63. The Morgan fingerprint density at radius 2 is 2.07 bits per heavy atom. The van der Waals surface area contributed by atoms with E-state index in [0.717, 1.165) is 23.9 Å². The molecule has 0 heterocycles. The average Bonchev–Trinajstić information content (AvgIpc) is 2.18. The molecule has 0 radical (unpaired) electrons. The van der Waals surface area contributed by atoms with Crippen molar-refractivity contribution in [1.29, 1.82) is 0 Å². The minimum absolute atomic E-state index is 0.0717. The van der Waals surface area contributed by atoms with Gasteiger partial charge in [-0.05, 0) is 6.07 Å². The predicted molar refractivity (Wildman–Crippen MR) is 50.7 cm³/mol. The summed E-state index contributed by atoms with van der Waals surface area (Å²) in [5, 5.41) is 8.53. The smallest absolute Gasteiger partial charge is 0.166 e. The molecule has 14 heavy (non-hydrogen) atoms. The van der Waals surface area contributed by atoms with Gasteiger partial charge in [0.15, 0.2) is 11.6 Å². The van der Waals surface area contributed by atoms with Crippen LogP contribution in [0.15, 0.2) is 17.0 Å². The summed E-state index contributed by atoms with van der Waals surface area (Å²) < 4.78 is 30.9. The first kappa shape index (κ1) is 11.3. The van der Waals surface area contributed by atoms with Crippen molar-refractivity contribution < 1.29 is 18.6 Å². The number of halogens is 2. The number of thioether (sulfide) groups is 1. The molecule has 5 heteroatoms. The van der Waals surface area contributed by atoms with Crippen LogP contribution in [0, 0.1) is 11.6 Å². The molecule has 0 atom stereocenters. The molecule has 1 aromatic rings. The quantitative estimate of drug-likeness (QED) is 0.787. The lowest BCUT2D eigenvalue weighted by atomic mass is 10.3. The first-order valence-corrected chi connectivity index (χ1v) is 4.94. The molecule has 0 aromatic heterocycles. The number of aliphatic hydroxyl groups is 1. The van der Waals surface area contributed by atoms with Crippen molar-refractivity contribution in [3.05, 3.63) is 23.8 Å². The fourth-order valence-electron chi connectivity index (χ4n) is 0.933. The molecule has 78 valence electrons. The molecule has 0 bridgehead atoms. The number of ether oxygens (including phenoxy) is 1. The van der Waals surface area contributed by atoms with Crippen LogP contribution in [0.25, 0.3) is 0 Å². The molecule has 0 aliphatic carbocycles. The van der Waals surface area contributed by atoms with E-state index in [2.05, 4.69) is 4.74 Å². The number of aliphatic hydroxyl groups excluding tert-OH is 1. The van der Waals surface area contributed by atoms with Crippen molar-refractivity contribution in [3.63, 3.8) is 0 Å². The molecule has 1 aromatic carbocycles. The van der Waals surface area contributed by atoms with Crippen molar-refractivity contribution in [1.82, 2.24) is 0 Å². The summed E-state index contributed by atoms with van der Waals surface area (Å²) in [4.78, 5) is 0.178. The Bertz CT molecular complexity index is 318. The van der Waals surface area contributed by atoms with Crippen LogP contribution in [0.5, 0.6) is 5.75 Å². The lowest BCUT2D eigenvalue weighted by molar-refractivity contribution is 0.322. The zero-order valence-corrected chi connectivity index (χ0v) is 8.41. The number of methoxy groups -OCH3 is 1. The largest absolute Gasteiger partial charge is 0.494 e. The summed E-state index contributed by atoms with van der Waals surface area (Å²) in [7, 11) is 1.28. The van der Waals surface area contributed by atoms with Crippen LogP contribution in [0.4, 0.5) is 8.78 Å². The molecule has 0 aliphatic heterocycles. The summed E-state index contributed by atoms with van der Waals surface area (Å²) in [6.07, 6.45) is 0. The number of hydrogen-bond donors (Lipinski definition) is 1. The molecule has 2 nitrogen and oxygen atoms in total. The Balaban J connectivity index is 2.90. The van der Waals surface area contributed by atoms with Gasteiger partial charge in [-0.25, -0.2) is 8.78 Å². The van der Waals surface area contributed by atoms with Gasteiger partial charge in [0.25, 0.3) is 0 Å². The maximum absolute atomic E-state index is 13.2. The molecule has 0 unspecified atom stereocenters. The first-order valence-electron chi connectivity index (χ1n) is 3.95. The van der Waals surface area contributed by atoms with Crippen LogP contribution in [0.3, 0.4) is 0 Å². The third-order valence-electron chi connectivity index (χ3n) is 1.56. The third kappa shape index (κ3) is 2.59. The van der Waals surface area contributed by atoms with Gasteiger partial charge in [0.2, 0.25) is 0 Å². The van der Waals surface area contributed by atoms with E-state index in [-0.39, 0.29) is 17.3 Å². The fourth-order valence-corrected chi connectivity index (χ4v) is 1.63. The standard InChI is InChI=1S/C9H10F2O2S/c1-13-8-4-7(11)9(5-6(8)10)14-3-2-12/h4-5,12H,2-3H2,1H3. The molecule has 0 saturated carbocycles. The normalized spacial score (nSPS) is 10.3. The lowest BCUT2D eigenvalue weighted by Gasteiger charge is -2.05. The Labute approximate surface area is 84.9 Å². The van der Waals surface area contributed by atoms with Gasteiger partial charge in [0.1, 0.15) is 5.82 Å². The average molecular weight is 220 g/mol. The van der Waals surface area contributed by atoms with Crippen LogP contribution in [0.1, 0.15) is 0 Å². The predicted octanol–water partition coefficient (Wildman–Crippen LogP) is 2.06. The molecule has 0 saturated heterocycles. The molecule has 1 rings (SSSR count). The molecule has 0 amide bonds. The molecular formula is C9H10F2O2S. The van der Waals surface area contributed by atoms with Crippen LogP contribution >= 0.6 is 11.8 Å². The van der Waals surface area contributed by atoms with Gasteiger partial charge in [-0.3, -0.25) is 0 Å². The number of rotatable bonds is 4. The van der Waals surface area contributed by atoms with Gasteiger partial charge in [-0.15, -0.1) is 11.8 Å². The van der Waals surface area contributed by atoms with E-state index >= 15 is 0 Å². The van der Waals surface area contributed by atoms with E-state index in [4.69, 9.17) is 5.11 Å². The monoisotopic (exact) mass is 220 g/mol. The zero-order chi connectivity index (χ0) is 10.6.